The number of rotatable bonds is 11. The molecule has 0 fully saturated rings. The molecular weight excluding hydrogens is 573 g/mol. The van der Waals surface area contributed by atoms with Crippen molar-refractivity contribution in [3.05, 3.63) is 126 Å². The van der Waals surface area contributed by atoms with Crippen LogP contribution in [0.15, 0.2) is 109 Å². The monoisotopic (exact) mass is 618 g/mol. The molecule has 0 bridgehead atoms. The highest BCUT2D eigenvalue weighted by Crippen LogP contribution is 2.57. The van der Waals surface area contributed by atoms with Gasteiger partial charge in [0.15, 0.2) is 17.3 Å². The van der Waals surface area contributed by atoms with E-state index in [0.29, 0.717) is 28.8 Å². The first-order valence-corrected chi connectivity index (χ1v) is 18.5. The molecule has 0 amide bonds. The second-order valence-corrected chi connectivity index (χ2v) is 18.0. The molecular formula is C40H46O4Si. The van der Waals surface area contributed by atoms with Crippen molar-refractivity contribution >= 4 is 25.5 Å². The molecule has 0 heterocycles. The fourth-order valence-corrected chi connectivity index (χ4v) is 12.4. The molecule has 3 atom stereocenters. The van der Waals surface area contributed by atoms with E-state index in [0.717, 1.165) is 40.5 Å². The van der Waals surface area contributed by atoms with E-state index in [-0.39, 0.29) is 11.6 Å². The van der Waals surface area contributed by atoms with Crippen molar-refractivity contribution in [3.63, 3.8) is 0 Å². The molecule has 0 aliphatic heterocycles. The number of benzene rings is 3. The number of ketones is 2. The zero-order valence-electron chi connectivity index (χ0n) is 27.5. The van der Waals surface area contributed by atoms with Gasteiger partial charge in [-0.2, -0.15) is 0 Å². The first-order chi connectivity index (χ1) is 21.6. The van der Waals surface area contributed by atoms with Crippen molar-refractivity contribution < 1.29 is 18.8 Å². The number of ether oxygens (including phenoxy) is 1. The van der Waals surface area contributed by atoms with Crippen LogP contribution in [0.4, 0.5) is 0 Å². The smallest absolute Gasteiger partial charge is 0.256 e. The molecule has 3 aromatic rings. The van der Waals surface area contributed by atoms with Gasteiger partial charge in [-0.1, -0.05) is 127 Å². The van der Waals surface area contributed by atoms with E-state index >= 15 is 0 Å². The van der Waals surface area contributed by atoms with Gasteiger partial charge in [-0.15, -0.1) is 0 Å². The molecule has 0 saturated heterocycles. The number of allylic oxidation sites excluding steroid dienone is 5. The maximum absolute atomic E-state index is 14.8. The predicted octanol–water partition coefficient (Wildman–Crippen LogP) is 9.64. The van der Waals surface area contributed by atoms with Crippen LogP contribution in [0, 0.1) is 5.92 Å². The molecule has 0 spiro atoms. The van der Waals surface area contributed by atoms with Gasteiger partial charge in [0.1, 0.15) is 5.75 Å². The van der Waals surface area contributed by atoms with Gasteiger partial charge in [0.25, 0.3) is 8.32 Å². The average Bonchev–Trinajstić information content (AvgIpc) is 3.06. The van der Waals surface area contributed by atoms with Crippen LogP contribution >= 0.6 is 0 Å². The van der Waals surface area contributed by atoms with Crippen LogP contribution in [0.3, 0.4) is 0 Å². The third-order valence-electron chi connectivity index (χ3n) is 10.2. The van der Waals surface area contributed by atoms with Crippen LogP contribution in [0.25, 0.3) is 5.57 Å². The van der Waals surface area contributed by atoms with E-state index in [9.17, 15) is 9.59 Å². The molecule has 2 aliphatic rings. The number of methoxy groups -OCH3 is 1. The van der Waals surface area contributed by atoms with E-state index in [2.05, 4.69) is 53.3 Å². The summed E-state index contributed by atoms with van der Waals surface area (Å²) in [4.78, 5) is 29.3. The van der Waals surface area contributed by atoms with Crippen molar-refractivity contribution in [2.24, 2.45) is 5.92 Å². The van der Waals surface area contributed by atoms with Crippen molar-refractivity contribution in [2.45, 2.75) is 75.9 Å². The van der Waals surface area contributed by atoms with Gasteiger partial charge >= 0.3 is 0 Å². The lowest BCUT2D eigenvalue weighted by Gasteiger charge is -2.50. The number of hydrogen-bond acceptors (Lipinski definition) is 4. The van der Waals surface area contributed by atoms with Crippen molar-refractivity contribution in [2.75, 3.05) is 7.11 Å². The molecule has 0 saturated carbocycles. The predicted molar refractivity (Wildman–Crippen MR) is 186 cm³/mol. The number of fused-ring (bicyclic) bond motifs is 1. The summed E-state index contributed by atoms with van der Waals surface area (Å²) in [5.74, 6) is 0.289. The third kappa shape index (κ3) is 5.46. The Morgan fingerprint density at radius 3 is 2.16 bits per heavy atom. The van der Waals surface area contributed by atoms with Gasteiger partial charge in [0.05, 0.1) is 12.5 Å². The number of Topliss-reactive ketones (excluding diaryl/α,β-unsaturated/α-hetero) is 1. The van der Waals surface area contributed by atoms with Crippen LogP contribution in [-0.2, 0) is 15.0 Å². The summed E-state index contributed by atoms with van der Waals surface area (Å²) in [6.07, 6.45) is 7.04. The van der Waals surface area contributed by atoms with Crippen molar-refractivity contribution in [3.8, 4) is 11.5 Å². The molecule has 45 heavy (non-hydrogen) atoms. The SMILES string of the molecule is C=CC1=CC[C@H]2C(=O)C(c3ccccc3)=CC(=O)[C@@]2(c2ccccc2)[C@H]1c1ccc(O[Si](CCC)(C(C)C)C(C)C)c(OC)c1. The maximum Gasteiger partial charge on any atom is 0.256 e. The Morgan fingerprint density at radius 1 is 0.933 bits per heavy atom. The zero-order chi connectivity index (χ0) is 32.4. The van der Waals surface area contributed by atoms with Crippen LogP contribution in [0.1, 0.15) is 70.1 Å². The van der Waals surface area contributed by atoms with E-state index in [1.165, 1.54) is 0 Å². The quantitative estimate of drug-likeness (QED) is 0.201. The molecule has 5 rings (SSSR count). The highest BCUT2D eigenvalue weighted by atomic mass is 28.4. The van der Waals surface area contributed by atoms with Crippen molar-refractivity contribution in [1.29, 1.82) is 0 Å². The van der Waals surface area contributed by atoms with Gasteiger partial charge in [-0.05, 0) is 64.0 Å². The first-order valence-electron chi connectivity index (χ1n) is 16.3. The third-order valence-corrected chi connectivity index (χ3v) is 16.0. The normalized spacial score (nSPS) is 21.7. The molecule has 4 nitrogen and oxygen atoms in total. The zero-order valence-corrected chi connectivity index (χ0v) is 28.5. The van der Waals surface area contributed by atoms with Crippen LogP contribution in [0.2, 0.25) is 17.1 Å². The largest absolute Gasteiger partial charge is 0.540 e. The van der Waals surface area contributed by atoms with E-state index < -0.39 is 25.6 Å². The Bertz CT molecular complexity index is 1610. The van der Waals surface area contributed by atoms with Crippen molar-refractivity contribution in [1.82, 2.24) is 0 Å². The summed E-state index contributed by atoms with van der Waals surface area (Å²) < 4.78 is 13.1. The van der Waals surface area contributed by atoms with E-state index in [1.54, 1.807) is 13.2 Å². The van der Waals surface area contributed by atoms with E-state index in [1.807, 2.05) is 78.9 Å². The fourth-order valence-electron chi connectivity index (χ4n) is 7.96. The molecule has 0 aromatic heterocycles. The molecule has 0 N–H and O–H groups in total. The minimum Gasteiger partial charge on any atom is -0.540 e. The topological polar surface area (TPSA) is 52.6 Å². The summed E-state index contributed by atoms with van der Waals surface area (Å²) >= 11 is 0. The maximum atomic E-state index is 14.8. The highest BCUT2D eigenvalue weighted by Gasteiger charge is 2.59. The van der Waals surface area contributed by atoms with Gasteiger partial charge in [0.2, 0.25) is 0 Å². The Kier molecular flexibility index (Phi) is 9.50. The second-order valence-electron chi connectivity index (χ2n) is 13.0. The second kappa shape index (κ2) is 13.2. The minimum atomic E-state index is -2.19. The lowest BCUT2D eigenvalue weighted by molar-refractivity contribution is -0.131. The minimum absolute atomic E-state index is 0.00912. The molecule has 0 radical (unpaired) electrons. The van der Waals surface area contributed by atoms with Crippen LogP contribution < -0.4 is 9.16 Å². The summed E-state index contributed by atoms with van der Waals surface area (Å²) in [7, 11) is -0.514. The lowest BCUT2D eigenvalue weighted by atomic mass is 9.50. The molecule has 234 valence electrons. The fraction of sp³-hybridized carbons (Fsp3) is 0.350. The van der Waals surface area contributed by atoms with Gasteiger partial charge in [-0.25, -0.2) is 0 Å². The Hall–Kier alpha value is -3.96. The van der Waals surface area contributed by atoms with E-state index in [4.69, 9.17) is 9.16 Å². The Balaban J connectivity index is 1.71. The van der Waals surface area contributed by atoms with Gasteiger partial charge < -0.3 is 9.16 Å². The lowest BCUT2D eigenvalue weighted by Crippen LogP contribution is -2.54. The van der Waals surface area contributed by atoms with Crippen LogP contribution in [-0.4, -0.2) is 27.0 Å². The Labute approximate surface area is 270 Å². The molecule has 0 unspecified atom stereocenters. The summed E-state index contributed by atoms with van der Waals surface area (Å²) in [6, 6.07) is 26.5. The molecule has 5 heteroatoms. The number of carbonyl (C=O) groups is 2. The van der Waals surface area contributed by atoms with Gasteiger partial charge in [-0.3, -0.25) is 9.59 Å². The summed E-state index contributed by atoms with van der Waals surface area (Å²) in [6.45, 7) is 15.5. The molecule has 2 aliphatic carbocycles. The average molecular weight is 619 g/mol. The van der Waals surface area contributed by atoms with Gasteiger partial charge in [0, 0.05) is 17.4 Å². The first kappa shape index (κ1) is 32.4. The standard InChI is InChI=1S/C40H46O4Si/c1-8-24-45(27(3)4,28(5)6)44-35-23-21-31(25-36(35)43-7)38-29(9-2)20-22-34-39(42)33(30-16-12-10-13-17-30)26-37(41)40(34,38)32-18-14-11-15-19-32/h9-21,23,25-28,34,38H,2,8,22,24H2,1,3-7H3/t34-,38+,40-/m0/s1. The number of hydrogen-bond donors (Lipinski definition) is 0. The Morgan fingerprint density at radius 2 is 1.58 bits per heavy atom. The molecule has 3 aromatic carbocycles. The summed E-state index contributed by atoms with van der Waals surface area (Å²) in [5, 5.41) is 0. The van der Waals surface area contributed by atoms with Crippen LogP contribution in [0.5, 0.6) is 11.5 Å². The highest BCUT2D eigenvalue weighted by molar-refractivity contribution is 6.77. The summed E-state index contributed by atoms with van der Waals surface area (Å²) in [5.41, 5.74) is 3.62. The number of carbonyl (C=O) groups excluding carboxylic acids is 2.